The molecule has 1 aromatic rings. The Morgan fingerprint density at radius 2 is 2.12 bits per heavy atom. The fourth-order valence-electron chi connectivity index (χ4n) is 2.42. The Morgan fingerprint density at radius 3 is 2.76 bits per heavy atom. The van der Waals surface area contributed by atoms with Crippen LogP contribution < -0.4 is 0 Å². The Morgan fingerprint density at radius 1 is 1.41 bits per heavy atom. The van der Waals surface area contributed by atoms with E-state index >= 15 is 0 Å². The quantitative estimate of drug-likeness (QED) is 0.867. The molecule has 2 rings (SSSR count). The van der Waals surface area contributed by atoms with Crippen molar-refractivity contribution in [2.45, 2.75) is 38.8 Å². The SMILES string of the molecule is CCCCN1Cc2ccccc2C[C@H]1C(=O)O. The van der Waals surface area contributed by atoms with Gasteiger partial charge < -0.3 is 5.11 Å². The lowest BCUT2D eigenvalue weighted by Gasteiger charge is -2.34. The van der Waals surface area contributed by atoms with E-state index in [-0.39, 0.29) is 6.04 Å². The molecule has 0 spiro atoms. The van der Waals surface area contributed by atoms with Gasteiger partial charge in [0.05, 0.1) is 0 Å². The first-order valence-electron chi connectivity index (χ1n) is 6.26. The van der Waals surface area contributed by atoms with Crippen molar-refractivity contribution >= 4 is 5.97 Å². The summed E-state index contributed by atoms with van der Waals surface area (Å²) in [4.78, 5) is 13.4. The van der Waals surface area contributed by atoms with E-state index in [2.05, 4.69) is 17.9 Å². The smallest absolute Gasteiger partial charge is 0.321 e. The molecule has 1 atom stereocenters. The molecular formula is C14H19NO2. The monoisotopic (exact) mass is 233 g/mol. The molecule has 1 aliphatic heterocycles. The van der Waals surface area contributed by atoms with Crippen molar-refractivity contribution in [1.82, 2.24) is 4.90 Å². The van der Waals surface area contributed by atoms with Crippen LogP contribution in [0, 0.1) is 0 Å². The summed E-state index contributed by atoms with van der Waals surface area (Å²) in [7, 11) is 0. The van der Waals surface area contributed by atoms with Crippen LogP contribution in [0.15, 0.2) is 24.3 Å². The lowest BCUT2D eigenvalue weighted by molar-refractivity contribution is -0.144. The standard InChI is InChI=1S/C14H19NO2/c1-2-3-8-15-10-12-7-5-4-6-11(12)9-13(15)14(16)17/h4-7,13H,2-3,8-10H2,1H3,(H,16,17)/t13-/m0/s1. The van der Waals surface area contributed by atoms with E-state index in [1.54, 1.807) is 0 Å². The zero-order chi connectivity index (χ0) is 12.3. The van der Waals surface area contributed by atoms with Gasteiger partial charge in [-0.15, -0.1) is 0 Å². The summed E-state index contributed by atoms with van der Waals surface area (Å²) >= 11 is 0. The van der Waals surface area contributed by atoms with Gasteiger partial charge in [0, 0.05) is 6.54 Å². The first-order valence-corrected chi connectivity index (χ1v) is 6.26. The number of carbonyl (C=O) groups is 1. The average molecular weight is 233 g/mol. The Balaban J connectivity index is 2.18. The third-order valence-corrected chi connectivity index (χ3v) is 3.43. The summed E-state index contributed by atoms with van der Waals surface area (Å²) in [5.41, 5.74) is 2.47. The number of nitrogens with zero attached hydrogens (tertiary/aromatic N) is 1. The van der Waals surface area contributed by atoms with E-state index < -0.39 is 5.97 Å². The van der Waals surface area contributed by atoms with Crippen LogP contribution in [0.3, 0.4) is 0 Å². The van der Waals surface area contributed by atoms with Gasteiger partial charge in [-0.2, -0.15) is 0 Å². The second kappa shape index (κ2) is 5.32. The molecule has 0 saturated carbocycles. The Labute approximate surface area is 102 Å². The molecule has 3 nitrogen and oxygen atoms in total. The normalized spacial score (nSPS) is 19.9. The molecular weight excluding hydrogens is 214 g/mol. The first kappa shape index (κ1) is 12.1. The van der Waals surface area contributed by atoms with Crippen molar-refractivity contribution in [1.29, 1.82) is 0 Å². The number of benzene rings is 1. The maximum atomic E-state index is 11.3. The van der Waals surface area contributed by atoms with Gasteiger partial charge in [-0.05, 0) is 30.5 Å². The minimum Gasteiger partial charge on any atom is -0.480 e. The average Bonchev–Trinajstić information content (AvgIpc) is 2.35. The van der Waals surface area contributed by atoms with Crippen molar-refractivity contribution < 1.29 is 9.90 Å². The van der Waals surface area contributed by atoms with Crippen LogP contribution in [0.2, 0.25) is 0 Å². The van der Waals surface area contributed by atoms with Crippen LogP contribution in [0.1, 0.15) is 30.9 Å². The van der Waals surface area contributed by atoms with Gasteiger partial charge in [0.2, 0.25) is 0 Å². The molecule has 0 saturated heterocycles. The predicted octanol–water partition coefficient (Wildman–Crippen LogP) is 2.30. The molecule has 0 bridgehead atoms. The molecule has 0 fully saturated rings. The zero-order valence-corrected chi connectivity index (χ0v) is 10.2. The van der Waals surface area contributed by atoms with E-state index in [9.17, 15) is 9.90 Å². The van der Waals surface area contributed by atoms with Gasteiger partial charge in [0.1, 0.15) is 6.04 Å². The first-order chi connectivity index (χ1) is 8.22. The van der Waals surface area contributed by atoms with Crippen molar-refractivity contribution in [3.63, 3.8) is 0 Å². The van der Waals surface area contributed by atoms with Crippen molar-refractivity contribution in [2.75, 3.05) is 6.54 Å². The van der Waals surface area contributed by atoms with Crippen LogP contribution in [-0.4, -0.2) is 28.6 Å². The van der Waals surface area contributed by atoms with Crippen molar-refractivity contribution in [3.05, 3.63) is 35.4 Å². The third-order valence-electron chi connectivity index (χ3n) is 3.43. The molecule has 3 heteroatoms. The topological polar surface area (TPSA) is 40.5 Å². The summed E-state index contributed by atoms with van der Waals surface area (Å²) in [5.74, 6) is -0.699. The summed E-state index contributed by atoms with van der Waals surface area (Å²) in [6.45, 7) is 3.78. The lowest BCUT2D eigenvalue weighted by Crippen LogP contribution is -2.45. The minimum atomic E-state index is -0.699. The van der Waals surface area contributed by atoms with E-state index in [1.165, 1.54) is 11.1 Å². The van der Waals surface area contributed by atoms with E-state index in [0.29, 0.717) is 6.42 Å². The van der Waals surface area contributed by atoms with E-state index in [1.807, 2.05) is 18.2 Å². The molecule has 1 aromatic carbocycles. The molecule has 0 radical (unpaired) electrons. The maximum absolute atomic E-state index is 11.3. The van der Waals surface area contributed by atoms with Gasteiger partial charge >= 0.3 is 5.97 Å². The Bertz CT molecular complexity index is 403. The third kappa shape index (κ3) is 2.67. The van der Waals surface area contributed by atoms with Gasteiger partial charge in [-0.25, -0.2) is 0 Å². The van der Waals surface area contributed by atoms with Crippen LogP contribution in [0.4, 0.5) is 0 Å². The lowest BCUT2D eigenvalue weighted by atomic mass is 9.94. The van der Waals surface area contributed by atoms with Gasteiger partial charge in [-0.1, -0.05) is 37.6 Å². The summed E-state index contributed by atoms with van der Waals surface area (Å²) < 4.78 is 0. The molecule has 17 heavy (non-hydrogen) atoms. The fourth-order valence-corrected chi connectivity index (χ4v) is 2.42. The summed E-state index contributed by atoms with van der Waals surface area (Å²) in [6.07, 6.45) is 2.80. The van der Waals surface area contributed by atoms with Crippen LogP contribution in [0.5, 0.6) is 0 Å². The molecule has 92 valence electrons. The number of carboxylic acid groups (broad SMARTS) is 1. The molecule has 1 heterocycles. The molecule has 0 aromatic heterocycles. The number of carboxylic acids is 1. The van der Waals surface area contributed by atoms with Crippen LogP contribution >= 0.6 is 0 Å². The van der Waals surface area contributed by atoms with E-state index in [0.717, 1.165) is 25.9 Å². The summed E-state index contributed by atoms with van der Waals surface area (Å²) in [5, 5.41) is 9.29. The number of hydrogen-bond donors (Lipinski definition) is 1. The van der Waals surface area contributed by atoms with Gasteiger partial charge in [0.15, 0.2) is 0 Å². The Kier molecular flexibility index (Phi) is 3.79. The van der Waals surface area contributed by atoms with E-state index in [4.69, 9.17) is 0 Å². The summed E-state index contributed by atoms with van der Waals surface area (Å²) in [6, 6.07) is 7.81. The number of hydrogen-bond acceptors (Lipinski definition) is 2. The van der Waals surface area contributed by atoms with Gasteiger partial charge in [-0.3, -0.25) is 9.69 Å². The molecule has 1 aliphatic rings. The largest absolute Gasteiger partial charge is 0.480 e. The number of rotatable bonds is 4. The second-order valence-electron chi connectivity index (χ2n) is 4.65. The molecule has 1 N–H and O–H groups in total. The number of fused-ring (bicyclic) bond motifs is 1. The second-order valence-corrected chi connectivity index (χ2v) is 4.65. The van der Waals surface area contributed by atoms with Gasteiger partial charge in [0.25, 0.3) is 0 Å². The highest BCUT2D eigenvalue weighted by atomic mass is 16.4. The fraction of sp³-hybridized carbons (Fsp3) is 0.500. The molecule has 0 aliphatic carbocycles. The highest BCUT2D eigenvalue weighted by molar-refractivity contribution is 5.74. The molecule has 0 unspecified atom stereocenters. The Hall–Kier alpha value is -1.35. The maximum Gasteiger partial charge on any atom is 0.321 e. The van der Waals surface area contributed by atoms with Crippen LogP contribution in [-0.2, 0) is 17.8 Å². The van der Waals surface area contributed by atoms with Crippen LogP contribution in [0.25, 0.3) is 0 Å². The predicted molar refractivity (Wildman–Crippen MR) is 66.9 cm³/mol. The molecule has 0 amide bonds. The highest BCUT2D eigenvalue weighted by Gasteiger charge is 2.30. The zero-order valence-electron chi connectivity index (χ0n) is 10.2. The number of aliphatic carboxylic acids is 1. The van der Waals surface area contributed by atoms with Crippen molar-refractivity contribution in [3.8, 4) is 0 Å². The number of unbranched alkanes of at least 4 members (excludes halogenated alkanes) is 1. The highest BCUT2D eigenvalue weighted by Crippen LogP contribution is 2.23. The van der Waals surface area contributed by atoms with Crippen molar-refractivity contribution in [2.24, 2.45) is 0 Å². The minimum absolute atomic E-state index is 0.351.